The second kappa shape index (κ2) is 13.4. The molecule has 0 fully saturated rings. The summed E-state index contributed by atoms with van der Waals surface area (Å²) in [6, 6.07) is 78.8. The molecule has 276 valence electrons. The number of fused-ring (bicyclic) bond motifs is 9. The average molecular weight is 753 g/mol. The van der Waals surface area contributed by atoms with Gasteiger partial charge in [0.05, 0.1) is 16.7 Å². The molecule has 12 rings (SSSR count). The third-order valence-electron chi connectivity index (χ3n) is 12.0. The standard InChI is InChI=1S/C56H36N2O/c1-2-15-45-41(12-1)34-54(47-17-4-3-16-46(45)47)57(43-13-11-14-44(36-43)58-52-21-8-5-18-48(52)49-19-6-9-22-53(49)58)42-31-28-38(29-32-42)37-24-26-39(27-25-37)40-30-33-51-50-20-7-10-23-55(50)59-56(51)35-40/h1-36H. The SMILES string of the molecule is c1cc(N(c2ccc(-c3ccc(-c4ccc5c(c4)oc4ccccc45)cc3)cc2)c2cc3ccccc3c3ccccc23)cc(-n2c3ccccc3c3ccccc32)c1. The molecule has 12 aromatic rings. The van der Waals surface area contributed by atoms with Crippen LogP contribution in [0.25, 0.3) is 93.2 Å². The zero-order valence-electron chi connectivity index (χ0n) is 32.1. The van der Waals surface area contributed by atoms with Gasteiger partial charge in [-0.25, -0.2) is 0 Å². The van der Waals surface area contributed by atoms with Crippen LogP contribution in [-0.4, -0.2) is 4.57 Å². The topological polar surface area (TPSA) is 21.3 Å². The Balaban J connectivity index is 0.970. The molecular formula is C56H36N2O. The first kappa shape index (κ1) is 33.3. The van der Waals surface area contributed by atoms with Crippen molar-refractivity contribution in [2.45, 2.75) is 0 Å². The molecule has 0 N–H and O–H groups in total. The molecule has 0 saturated carbocycles. The quantitative estimate of drug-likeness (QED) is 0.158. The summed E-state index contributed by atoms with van der Waals surface area (Å²) in [4.78, 5) is 2.42. The summed E-state index contributed by atoms with van der Waals surface area (Å²) in [6.07, 6.45) is 0. The number of hydrogen-bond acceptors (Lipinski definition) is 2. The van der Waals surface area contributed by atoms with Crippen LogP contribution in [0.15, 0.2) is 223 Å². The summed E-state index contributed by atoms with van der Waals surface area (Å²) in [7, 11) is 0. The first-order chi connectivity index (χ1) is 29.2. The van der Waals surface area contributed by atoms with Crippen molar-refractivity contribution in [3.8, 4) is 27.9 Å². The number of hydrogen-bond donors (Lipinski definition) is 0. The molecule has 10 aromatic carbocycles. The highest BCUT2D eigenvalue weighted by molar-refractivity contribution is 6.15. The first-order valence-electron chi connectivity index (χ1n) is 20.2. The third-order valence-corrected chi connectivity index (χ3v) is 12.0. The van der Waals surface area contributed by atoms with Gasteiger partial charge in [0.15, 0.2) is 0 Å². The number of benzene rings is 10. The fraction of sp³-hybridized carbons (Fsp3) is 0. The summed E-state index contributed by atoms with van der Waals surface area (Å²) in [6.45, 7) is 0. The molecule has 2 heterocycles. The lowest BCUT2D eigenvalue weighted by Crippen LogP contribution is -2.11. The Kier molecular flexibility index (Phi) is 7.54. The minimum absolute atomic E-state index is 0.910. The fourth-order valence-electron chi connectivity index (χ4n) is 9.18. The van der Waals surface area contributed by atoms with Crippen LogP contribution in [0.3, 0.4) is 0 Å². The van der Waals surface area contributed by atoms with Gasteiger partial charge in [-0.15, -0.1) is 0 Å². The zero-order chi connectivity index (χ0) is 38.9. The minimum atomic E-state index is 0.910. The van der Waals surface area contributed by atoms with Crippen molar-refractivity contribution in [3.05, 3.63) is 218 Å². The molecule has 0 aliphatic carbocycles. The normalized spacial score (nSPS) is 11.7. The van der Waals surface area contributed by atoms with E-state index in [2.05, 4.69) is 216 Å². The molecule has 0 amide bonds. The first-order valence-corrected chi connectivity index (χ1v) is 20.2. The Labute approximate surface area is 341 Å². The number of nitrogens with zero attached hydrogens (tertiary/aromatic N) is 2. The molecule has 0 aliphatic rings. The molecule has 59 heavy (non-hydrogen) atoms. The molecule has 0 atom stereocenters. The van der Waals surface area contributed by atoms with Gasteiger partial charge >= 0.3 is 0 Å². The van der Waals surface area contributed by atoms with Crippen LogP contribution in [0, 0.1) is 0 Å². The van der Waals surface area contributed by atoms with E-state index in [1.54, 1.807) is 0 Å². The highest BCUT2D eigenvalue weighted by atomic mass is 16.3. The third kappa shape index (κ3) is 5.44. The summed E-state index contributed by atoms with van der Waals surface area (Å²) < 4.78 is 8.60. The smallest absolute Gasteiger partial charge is 0.136 e. The second-order valence-corrected chi connectivity index (χ2v) is 15.3. The predicted molar refractivity (Wildman–Crippen MR) is 249 cm³/mol. The van der Waals surface area contributed by atoms with Crippen molar-refractivity contribution in [1.29, 1.82) is 0 Å². The molecule has 3 nitrogen and oxygen atoms in total. The summed E-state index contributed by atoms with van der Waals surface area (Å²) in [5.41, 5.74) is 13.3. The van der Waals surface area contributed by atoms with Gasteiger partial charge in [0.2, 0.25) is 0 Å². The van der Waals surface area contributed by atoms with Crippen molar-refractivity contribution in [2.24, 2.45) is 0 Å². The Morgan fingerprint density at radius 3 is 1.59 bits per heavy atom. The lowest BCUT2D eigenvalue weighted by Gasteiger charge is -2.28. The van der Waals surface area contributed by atoms with Crippen LogP contribution < -0.4 is 4.90 Å². The Morgan fingerprint density at radius 1 is 0.322 bits per heavy atom. The zero-order valence-corrected chi connectivity index (χ0v) is 32.1. The van der Waals surface area contributed by atoms with E-state index in [0.29, 0.717) is 0 Å². The molecule has 0 radical (unpaired) electrons. The van der Waals surface area contributed by atoms with Crippen molar-refractivity contribution in [3.63, 3.8) is 0 Å². The van der Waals surface area contributed by atoms with E-state index < -0.39 is 0 Å². The minimum Gasteiger partial charge on any atom is -0.456 e. The van der Waals surface area contributed by atoms with Crippen LogP contribution in [0.2, 0.25) is 0 Å². The van der Waals surface area contributed by atoms with Gasteiger partial charge in [0.1, 0.15) is 11.2 Å². The largest absolute Gasteiger partial charge is 0.456 e. The van der Waals surface area contributed by atoms with E-state index in [9.17, 15) is 0 Å². The highest BCUT2D eigenvalue weighted by Crippen LogP contribution is 2.44. The van der Waals surface area contributed by atoms with E-state index in [4.69, 9.17) is 4.42 Å². The van der Waals surface area contributed by atoms with E-state index in [1.807, 2.05) is 12.1 Å². The lowest BCUT2D eigenvalue weighted by molar-refractivity contribution is 0.669. The summed E-state index contributed by atoms with van der Waals surface area (Å²) >= 11 is 0. The molecule has 0 saturated heterocycles. The molecule has 0 bridgehead atoms. The van der Waals surface area contributed by atoms with Crippen molar-refractivity contribution >= 4 is 82.4 Å². The monoisotopic (exact) mass is 752 g/mol. The van der Waals surface area contributed by atoms with Gasteiger partial charge in [0, 0.05) is 44.0 Å². The maximum Gasteiger partial charge on any atom is 0.136 e. The van der Waals surface area contributed by atoms with Crippen molar-refractivity contribution in [2.75, 3.05) is 4.90 Å². The molecule has 0 spiro atoms. The predicted octanol–water partition coefficient (Wildman–Crippen LogP) is 15.8. The molecule has 3 heteroatoms. The Morgan fingerprint density at radius 2 is 0.864 bits per heavy atom. The molecule has 2 aromatic heterocycles. The Hall–Kier alpha value is -7.88. The molecule has 0 unspecified atom stereocenters. The van der Waals surface area contributed by atoms with E-state index in [1.165, 1.54) is 48.9 Å². The maximum absolute atomic E-state index is 6.20. The van der Waals surface area contributed by atoms with Crippen LogP contribution in [0.5, 0.6) is 0 Å². The van der Waals surface area contributed by atoms with Crippen molar-refractivity contribution < 1.29 is 4.42 Å². The van der Waals surface area contributed by atoms with Gasteiger partial charge in [-0.1, -0.05) is 152 Å². The molecule has 0 aliphatic heterocycles. The van der Waals surface area contributed by atoms with E-state index in [0.717, 1.165) is 61.4 Å². The number of para-hydroxylation sites is 3. The van der Waals surface area contributed by atoms with Gasteiger partial charge < -0.3 is 13.9 Å². The number of anilines is 3. The van der Waals surface area contributed by atoms with Gasteiger partial charge in [0.25, 0.3) is 0 Å². The highest BCUT2D eigenvalue weighted by Gasteiger charge is 2.20. The van der Waals surface area contributed by atoms with Crippen molar-refractivity contribution in [1.82, 2.24) is 4.57 Å². The van der Waals surface area contributed by atoms with Gasteiger partial charge in [-0.2, -0.15) is 0 Å². The number of aromatic nitrogens is 1. The average Bonchev–Trinajstić information content (AvgIpc) is 3.85. The van der Waals surface area contributed by atoms with E-state index >= 15 is 0 Å². The second-order valence-electron chi connectivity index (χ2n) is 15.3. The van der Waals surface area contributed by atoms with Crippen LogP contribution >= 0.6 is 0 Å². The summed E-state index contributed by atoms with van der Waals surface area (Å²) in [5.74, 6) is 0. The summed E-state index contributed by atoms with van der Waals surface area (Å²) in [5, 5.41) is 9.70. The molecular weight excluding hydrogens is 717 g/mol. The number of furan rings is 1. The van der Waals surface area contributed by atoms with Crippen LogP contribution in [0.4, 0.5) is 17.1 Å². The van der Waals surface area contributed by atoms with Crippen LogP contribution in [-0.2, 0) is 0 Å². The maximum atomic E-state index is 6.20. The fourth-order valence-corrected chi connectivity index (χ4v) is 9.18. The van der Waals surface area contributed by atoms with Gasteiger partial charge in [-0.3, -0.25) is 0 Å². The van der Waals surface area contributed by atoms with Crippen LogP contribution in [0.1, 0.15) is 0 Å². The lowest BCUT2D eigenvalue weighted by atomic mass is 9.98. The Bertz CT molecular complexity index is 3500. The van der Waals surface area contributed by atoms with Gasteiger partial charge in [-0.05, 0) is 105 Å². The number of rotatable bonds is 6. The van der Waals surface area contributed by atoms with E-state index in [-0.39, 0.29) is 0 Å².